The molecule has 1 aromatic heterocycles. The van der Waals surface area contributed by atoms with Crippen molar-refractivity contribution >= 4 is 17.3 Å². The minimum Gasteiger partial charge on any atom is -0.492 e. The molecule has 2 N–H and O–H groups in total. The van der Waals surface area contributed by atoms with Crippen molar-refractivity contribution in [3.8, 4) is 17.0 Å². The van der Waals surface area contributed by atoms with Crippen LogP contribution in [-0.2, 0) is 7.05 Å². The van der Waals surface area contributed by atoms with E-state index in [2.05, 4.69) is 10.4 Å². The highest BCUT2D eigenvalue weighted by molar-refractivity contribution is 6.04. The summed E-state index contributed by atoms with van der Waals surface area (Å²) in [6.07, 6.45) is 2.52. The fourth-order valence-corrected chi connectivity index (χ4v) is 3.30. The second-order valence-corrected chi connectivity index (χ2v) is 7.57. The summed E-state index contributed by atoms with van der Waals surface area (Å²) in [5.74, 6) is 0.0275. The number of rotatable bonds is 8. The minimum atomic E-state index is -0.345. The maximum atomic E-state index is 13.5. The van der Waals surface area contributed by atoms with Crippen LogP contribution in [0.5, 0.6) is 5.75 Å². The number of nitrogens with one attached hydrogen (secondary N) is 2. The molecule has 1 unspecified atom stereocenters. The molecule has 0 saturated heterocycles. The quantitative estimate of drug-likeness (QED) is 0.488. The van der Waals surface area contributed by atoms with Gasteiger partial charge in [-0.3, -0.25) is 9.48 Å². The first kappa shape index (κ1) is 22.2. The molecule has 1 atom stereocenters. The number of aryl methyl sites for hydroxylation is 2. The summed E-state index contributed by atoms with van der Waals surface area (Å²) >= 11 is 0. The van der Waals surface area contributed by atoms with Gasteiger partial charge < -0.3 is 15.5 Å². The molecular formula is C24H27FN4O2. The predicted octanol–water partition coefficient (Wildman–Crippen LogP) is 5.23. The van der Waals surface area contributed by atoms with Gasteiger partial charge in [0.15, 0.2) is 0 Å². The van der Waals surface area contributed by atoms with E-state index in [1.54, 1.807) is 36.9 Å². The van der Waals surface area contributed by atoms with Crippen molar-refractivity contribution in [2.75, 3.05) is 11.9 Å². The molecule has 0 fully saturated rings. The zero-order valence-corrected chi connectivity index (χ0v) is 18.2. The van der Waals surface area contributed by atoms with Gasteiger partial charge in [0, 0.05) is 41.7 Å². The Balaban J connectivity index is 1.89. The van der Waals surface area contributed by atoms with Crippen LogP contribution < -0.4 is 10.1 Å². The number of ether oxygens (including phenoxy) is 1. The number of benzene rings is 2. The second kappa shape index (κ2) is 9.55. The van der Waals surface area contributed by atoms with Crippen molar-refractivity contribution in [1.82, 2.24) is 9.78 Å². The molecule has 6 nitrogen and oxygen atoms in total. The van der Waals surface area contributed by atoms with Gasteiger partial charge >= 0.3 is 0 Å². The van der Waals surface area contributed by atoms with Gasteiger partial charge in [0.2, 0.25) is 0 Å². The molecule has 0 bridgehead atoms. The molecule has 0 saturated carbocycles. The van der Waals surface area contributed by atoms with E-state index in [-0.39, 0.29) is 17.6 Å². The first-order valence-corrected chi connectivity index (χ1v) is 10.2. The maximum Gasteiger partial charge on any atom is 0.255 e. The number of aromatic nitrogens is 2. The fraction of sp³-hybridized carbons (Fsp3) is 0.292. The zero-order valence-electron chi connectivity index (χ0n) is 18.2. The summed E-state index contributed by atoms with van der Waals surface area (Å²) in [7, 11) is 1.84. The molecule has 1 heterocycles. The summed E-state index contributed by atoms with van der Waals surface area (Å²) < 4.78 is 21.3. The number of amides is 1. The van der Waals surface area contributed by atoms with Crippen LogP contribution in [0.3, 0.4) is 0 Å². The molecule has 0 radical (unpaired) electrons. The number of halogens is 1. The monoisotopic (exact) mass is 422 g/mol. The van der Waals surface area contributed by atoms with Gasteiger partial charge in [-0.2, -0.15) is 5.10 Å². The fourth-order valence-electron chi connectivity index (χ4n) is 3.30. The summed E-state index contributed by atoms with van der Waals surface area (Å²) in [5, 5.41) is 15.0. The molecule has 1 amide bonds. The number of hydrogen-bond donors (Lipinski definition) is 2. The van der Waals surface area contributed by atoms with E-state index < -0.39 is 0 Å². The van der Waals surface area contributed by atoms with Gasteiger partial charge in [-0.15, -0.1) is 0 Å². The molecule has 162 valence electrons. The SMILES string of the molecule is CCC(COc1ccc(NC(=O)c2ccc(F)c(C)c2)cc1-c1ccnn1C)C(C)=N. The lowest BCUT2D eigenvalue weighted by molar-refractivity contribution is 0.102. The summed E-state index contributed by atoms with van der Waals surface area (Å²) in [6, 6.07) is 11.5. The lowest BCUT2D eigenvalue weighted by Crippen LogP contribution is -2.18. The van der Waals surface area contributed by atoms with Crippen molar-refractivity contribution in [3.63, 3.8) is 0 Å². The summed E-state index contributed by atoms with van der Waals surface area (Å²) in [5.41, 5.74) is 3.59. The number of nitrogens with zero attached hydrogens (tertiary/aromatic N) is 2. The van der Waals surface area contributed by atoms with Crippen molar-refractivity contribution in [1.29, 1.82) is 5.41 Å². The molecule has 0 aliphatic carbocycles. The van der Waals surface area contributed by atoms with E-state index in [4.69, 9.17) is 10.1 Å². The highest BCUT2D eigenvalue weighted by atomic mass is 19.1. The van der Waals surface area contributed by atoms with Gasteiger partial charge in [-0.1, -0.05) is 6.92 Å². The Kier molecular flexibility index (Phi) is 6.84. The highest BCUT2D eigenvalue weighted by Gasteiger charge is 2.16. The van der Waals surface area contributed by atoms with Crippen LogP contribution >= 0.6 is 0 Å². The highest BCUT2D eigenvalue weighted by Crippen LogP contribution is 2.33. The van der Waals surface area contributed by atoms with Crippen LogP contribution in [-0.4, -0.2) is 28.0 Å². The second-order valence-electron chi connectivity index (χ2n) is 7.57. The first-order valence-electron chi connectivity index (χ1n) is 10.2. The van der Waals surface area contributed by atoms with E-state index in [0.717, 1.165) is 17.7 Å². The average molecular weight is 423 g/mol. The van der Waals surface area contributed by atoms with Gasteiger partial charge in [0.25, 0.3) is 5.91 Å². The molecule has 3 aromatic rings. The average Bonchev–Trinajstić information content (AvgIpc) is 3.16. The smallest absolute Gasteiger partial charge is 0.255 e. The predicted molar refractivity (Wildman–Crippen MR) is 120 cm³/mol. The third-order valence-corrected chi connectivity index (χ3v) is 5.30. The molecule has 7 heteroatoms. The maximum absolute atomic E-state index is 13.5. The first-order chi connectivity index (χ1) is 14.8. The van der Waals surface area contributed by atoms with Crippen LogP contribution in [0.1, 0.15) is 36.2 Å². The Morgan fingerprint density at radius 2 is 2.03 bits per heavy atom. The Hall–Kier alpha value is -3.48. The van der Waals surface area contributed by atoms with Crippen molar-refractivity contribution in [2.45, 2.75) is 27.2 Å². The molecule has 31 heavy (non-hydrogen) atoms. The summed E-state index contributed by atoms with van der Waals surface area (Å²) in [6.45, 7) is 5.84. The van der Waals surface area contributed by atoms with Gasteiger partial charge in [0.1, 0.15) is 11.6 Å². The van der Waals surface area contributed by atoms with E-state index >= 15 is 0 Å². The number of carbonyl (C=O) groups is 1. The van der Waals surface area contributed by atoms with Crippen molar-refractivity contribution < 1.29 is 13.9 Å². The number of anilines is 1. The molecule has 0 aliphatic heterocycles. The lowest BCUT2D eigenvalue weighted by Gasteiger charge is -2.18. The topological polar surface area (TPSA) is 80.0 Å². The molecule has 0 aliphatic rings. The van der Waals surface area contributed by atoms with Crippen molar-refractivity contribution in [3.05, 3.63) is 65.6 Å². The van der Waals surface area contributed by atoms with E-state index in [1.807, 2.05) is 26.1 Å². The van der Waals surface area contributed by atoms with Crippen molar-refractivity contribution in [2.24, 2.45) is 13.0 Å². The van der Waals surface area contributed by atoms with Crippen LogP contribution in [0.25, 0.3) is 11.3 Å². The van der Waals surface area contributed by atoms with Gasteiger partial charge in [-0.25, -0.2) is 4.39 Å². The Morgan fingerprint density at radius 3 is 2.65 bits per heavy atom. The van der Waals surface area contributed by atoms with Gasteiger partial charge in [0.05, 0.1) is 12.3 Å². The third kappa shape index (κ3) is 5.17. The van der Waals surface area contributed by atoms with E-state index in [0.29, 0.717) is 34.9 Å². The Bertz CT molecular complexity index is 1110. The molecule has 3 rings (SSSR count). The number of carbonyl (C=O) groups excluding carboxylic acids is 1. The van der Waals surface area contributed by atoms with Gasteiger partial charge in [-0.05, 0) is 68.3 Å². The van der Waals surface area contributed by atoms with Crippen LogP contribution in [0.4, 0.5) is 10.1 Å². The molecule has 0 spiro atoms. The van der Waals surface area contributed by atoms with E-state index in [1.165, 1.54) is 18.2 Å². The number of hydrogen-bond acceptors (Lipinski definition) is 4. The Morgan fingerprint density at radius 1 is 1.26 bits per heavy atom. The van der Waals surface area contributed by atoms with E-state index in [9.17, 15) is 9.18 Å². The van der Waals surface area contributed by atoms with Crippen LogP contribution in [0, 0.1) is 24.1 Å². The standard InChI is InChI=1S/C24H27FN4O2/c1-5-17(16(3)26)14-31-23-9-7-19(13-20(23)22-10-11-27-29(22)4)28-24(30)18-6-8-21(25)15(2)12-18/h6-13,17,26H,5,14H2,1-4H3,(H,28,30). The minimum absolute atomic E-state index is 0.0421. The normalized spacial score (nSPS) is 11.8. The lowest BCUT2D eigenvalue weighted by atomic mass is 10.0. The van der Waals surface area contributed by atoms with Crippen LogP contribution in [0.15, 0.2) is 48.7 Å². The zero-order chi connectivity index (χ0) is 22.5. The molecular weight excluding hydrogens is 395 g/mol. The van der Waals surface area contributed by atoms with Crippen LogP contribution in [0.2, 0.25) is 0 Å². The largest absolute Gasteiger partial charge is 0.492 e. The third-order valence-electron chi connectivity index (χ3n) is 5.30. The molecule has 2 aromatic carbocycles. The summed E-state index contributed by atoms with van der Waals surface area (Å²) in [4.78, 5) is 12.7. The Labute approximate surface area is 181 Å².